The number of aliphatic hydroxyl groups is 1. The molecule has 112 valence electrons. The Morgan fingerprint density at radius 1 is 1.50 bits per heavy atom. The highest BCUT2D eigenvalue weighted by Crippen LogP contribution is 2.17. The highest BCUT2D eigenvalue weighted by molar-refractivity contribution is 6.30. The summed E-state index contributed by atoms with van der Waals surface area (Å²) in [5, 5.41) is 13.2. The number of esters is 1. The van der Waals surface area contributed by atoms with Crippen LogP contribution in [0.1, 0.15) is 13.8 Å². The maximum atomic E-state index is 11.4. The molecule has 20 heavy (non-hydrogen) atoms. The summed E-state index contributed by atoms with van der Waals surface area (Å²) < 4.78 is 10.2. The van der Waals surface area contributed by atoms with Crippen molar-refractivity contribution < 1.29 is 19.4 Å². The van der Waals surface area contributed by atoms with Crippen LogP contribution in [0.3, 0.4) is 0 Å². The van der Waals surface area contributed by atoms with Crippen molar-refractivity contribution >= 4 is 17.6 Å². The summed E-state index contributed by atoms with van der Waals surface area (Å²) in [7, 11) is 0. The molecule has 6 heteroatoms. The van der Waals surface area contributed by atoms with E-state index in [1.165, 1.54) is 0 Å². The summed E-state index contributed by atoms with van der Waals surface area (Å²) in [6.45, 7) is 4.12. The summed E-state index contributed by atoms with van der Waals surface area (Å²) in [5.74, 6) is 0.255. The van der Waals surface area contributed by atoms with Gasteiger partial charge in [-0.05, 0) is 32.0 Å². The van der Waals surface area contributed by atoms with Crippen molar-refractivity contribution in [2.75, 3.05) is 19.8 Å². The summed E-state index contributed by atoms with van der Waals surface area (Å²) in [6.07, 6.45) is -0.731. The van der Waals surface area contributed by atoms with Crippen molar-refractivity contribution in [3.05, 3.63) is 29.3 Å². The monoisotopic (exact) mass is 301 g/mol. The number of aliphatic hydroxyl groups excluding tert-OH is 1. The van der Waals surface area contributed by atoms with Gasteiger partial charge in [-0.15, -0.1) is 0 Å². The molecule has 0 radical (unpaired) electrons. The molecule has 0 saturated heterocycles. The fourth-order valence-corrected chi connectivity index (χ4v) is 1.65. The minimum Gasteiger partial charge on any atom is -0.491 e. The van der Waals surface area contributed by atoms with Crippen LogP contribution in [0.4, 0.5) is 0 Å². The van der Waals surface area contributed by atoms with E-state index in [4.69, 9.17) is 21.1 Å². The van der Waals surface area contributed by atoms with Gasteiger partial charge in [-0.1, -0.05) is 17.7 Å². The van der Waals surface area contributed by atoms with Crippen molar-refractivity contribution in [2.24, 2.45) is 0 Å². The van der Waals surface area contributed by atoms with Crippen molar-refractivity contribution in [2.45, 2.75) is 26.0 Å². The lowest BCUT2D eigenvalue weighted by Gasteiger charge is -2.16. The predicted octanol–water partition coefficient (Wildman–Crippen LogP) is 1.62. The van der Waals surface area contributed by atoms with Crippen LogP contribution in [0.25, 0.3) is 0 Å². The molecule has 0 aromatic heterocycles. The fraction of sp³-hybridized carbons (Fsp3) is 0.500. The van der Waals surface area contributed by atoms with Crippen LogP contribution in [0.2, 0.25) is 5.02 Å². The summed E-state index contributed by atoms with van der Waals surface area (Å²) in [4.78, 5) is 11.4. The zero-order valence-electron chi connectivity index (χ0n) is 11.6. The molecule has 2 atom stereocenters. The first-order valence-corrected chi connectivity index (χ1v) is 6.87. The molecule has 0 aliphatic rings. The van der Waals surface area contributed by atoms with Crippen LogP contribution in [-0.4, -0.2) is 43.0 Å². The summed E-state index contributed by atoms with van der Waals surface area (Å²) in [6, 6.07) is 6.48. The standard InChI is InChI=1S/C14H20ClNO4/c1-3-19-14(18)10(2)16-8-12(17)9-20-13-6-4-5-11(15)7-13/h4-7,10,12,16-17H,3,8-9H2,1-2H3. The number of benzene rings is 1. The number of ether oxygens (including phenoxy) is 2. The largest absolute Gasteiger partial charge is 0.491 e. The molecule has 1 aromatic rings. The number of carbonyl (C=O) groups is 1. The molecule has 1 aromatic carbocycles. The lowest BCUT2D eigenvalue weighted by molar-refractivity contribution is -0.145. The first-order chi connectivity index (χ1) is 9.52. The topological polar surface area (TPSA) is 67.8 Å². The molecule has 0 saturated carbocycles. The van der Waals surface area contributed by atoms with Crippen molar-refractivity contribution in [3.8, 4) is 5.75 Å². The van der Waals surface area contributed by atoms with Gasteiger partial charge in [0.15, 0.2) is 0 Å². The highest BCUT2D eigenvalue weighted by atomic mass is 35.5. The predicted molar refractivity (Wildman–Crippen MR) is 77.1 cm³/mol. The Morgan fingerprint density at radius 2 is 2.25 bits per heavy atom. The number of rotatable bonds is 8. The maximum absolute atomic E-state index is 11.4. The Kier molecular flexibility index (Phi) is 7.36. The van der Waals surface area contributed by atoms with Gasteiger partial charge in [0.25, 0.3) is 0 Å². The van der Waals surface area contributed by atoms with Crippen LogP contribution in [0.5, 0.6) is 5.75 Å². The number of nitrogens with one attached hydrogen (secondary N) is 1. The molecule has 0 fully saturated rings. The van der Waals surface area contributed by atoms with Gasteiger partial charge in [0, 0.05) is 11.6 Å². The normalized spacial score (nSPS) is 13.6. The van der Waals surface area contributed by atoms with E-state index in [2.05, 4.69) is 5.32 Å². The lowest BCUT2D eigenvalue weighted by Crippen LogP contribution is -2.41. The molecule has 5 nitrogen and oxygen atoms in total. The van der Waals surface area contributed by atoms with E-state index < -0.39 is 12.1 Å². The number of hydrogen-bond donors (Lipinski definition) is 2. The second kappa shape index (κ2) is 8.79. The third kappa shape index (κ3) is 6.23. The zero-order chi connectivity index (χ0) is 15.0. The van der Waals surface area contributed by atoms with E-state index in [1.54, 1.807) is 38.1 Å². The minimum absolute atomic E-state index is 0.114. The molecule has 0 heterocycles. The Labute approximate surface area is 123 Å². The molecule has 0 aliphatic carbocycles. The van der Waals surface area contributed by atoms with Crippen LogP contribution in [-0.2, 0) is 9.53 Å². The van der Waals surface area contributed by atoms with Gasteiger partial charge in [0.2, 0.25) is 0 Å². The van der Waals surface area contributed by atoms with Gasteiger partial charge < -0.3 is 19.9 Å². The van der Waals surface area contributed by atoms with Gasteiger partial charge in [-0.3, -0.25) is 4.79 Å². The Morgan fingerprint density at radius 3 is 2.90 bits per heavy atom. The third-order valence-corrected chi connectivity index (χ3v) is 2.77. The van der Waals surface area contributed by atoms with Crippen LogP contribution < -0.4 is 10.1 Å². The quantitative estimate of drug-likeness (QED) is 0.714. The fourth-order valence-electron chi connectivity index (χ4n) is 1.47. The van der Waals surface area contributed by atoms with Crippen molar-refractivity contribution in [1.82, 2.24) is 5.32 Å². The second-order valence-corrected chi connectivity index (χ2v) is 4.74. The minimum atomic E-state index is -0.731. The first-order valence-electron chi connectivity index (χ1n) is 6.49. The van der Waals surface area contributed by atoms with E-state index in [1.807, 2.05) is 0 Å². The molecule has 0 bridgehead atoms. The molecule has 2 N–H and O–H groups in total. The van der Waals surface area contributed by atoms with E-state index in [0.29, 0.717) is 17.4 Å². The summed E-state index contributed by atoms with van der Waals surface area (Å²) >= 11 is 5.82. The number of carbonyl (C=O) groups excluding carboxylic acids is 1. The average molecular weight is 302 g/mol. The van der Waals surface area contributed by atoms with Gasteiger partial charge in [0.1, 0.15) is 24.5 Å². The molecule has 1 rings (SSSR count). The first kappa shape index (κ1) is 16.8. The zero-order valence-corrected chi connectivity index (χ0v) is 12.4. The molecular formula is C14H20ClNO4. The van der Waals surface area contributed by atoms with Crippen molar-refractivity contribution in [3.63, 3.8) is 0 Å². The second-order valence-electron chi connectivity index (χ2n) is 4.30. The van der Waals surface area contributed by atoms with Gasteiger partial charge in [-0.25, -0.2) is 0 Å². The van der Waals surface area contributed by atoms with Crippen LogP contribution in [0.15, 0.2) is 24.3 Å². The Bertz CT molecular complexity index is 427. The van der Waals surface area contributed by atoms with E-state index >= 15 is 0 Å². The van der Waals surface area contributed by atoms with Gasteiger partial charge in [-0.2, -0.15) is 0 Å². The molecule has 2 unspecified atom stereocenters. The molecule has 0 spiro atoms. The van der Waals surface area contributed by atoms with Crippen LogP contribution >= 0.6 is 11.6 Å². The third-order valence-electron chi connectivity index (χ3n) is 2.54. The molecular weight excluding hydrogens is 282 g/mol. The SMILES string of the molecule is CCOC(=O)C(C)NCC(O)COc1cccc(Cl)c1. The highest BCUT2D eigenvalue weighted by Gasteiger charge is 2.15. The lowest BCUT2D eigenvalue weighted by atomic mass is 10.3. The van der Waals surface area contributed by atoms with E-state index in [9.17, 15) is 9.90 Å². The maximum Gasteiger partial charge on any atom is 0.322 e. The molecule has 0 aliphatic heterocycles. The number of hydrogen-bond acceptors (Lipinski definition) is 5. The van der Waals surface area contributed by atoms with Crippen LogP contribution in [0, 0.1) is 0 Å². The smallest absolute Gasteiger partial charge is 0.322 e. The Hall–Kier alpha value is -1.30. The average Bonchev–Trinajstić information content (AvgIpc) is 2.42. The number of halogens is 1. The van der Waals surface area contributed by atoms with Crippen molar-refractivity contribution in [1.29, 1.82) is 0 Å². The molecule has 0 amide bonds. The van der Waals surface area contributed by atoms with E-state index in [0.717, 1.165) is 0 Å². The Balaban J connectivity index is 2.26. The van der Waals surface area contributed by atoms with E-state index in [-0.39, 0.29) is 19.1 Å². The van der Waals surface area contributed by atoms with Gasteiger partial charge >= 0.3 is 5.97 Å². The van der Waals surface area contributed by atoms with Gasteiger partial charge in [0.05, 0.1) is 6.61 Å². The summed E-state index contributed by atoms with van der Waals surface area (Å²) in [5.41, 5.74) is 0.